The SMILES string of the molecule is CC(C)[C@H](NC(=O)CCCCCN)C(=O)N[C@@H](CCCCNC(N)=O)C(=O)Nc1ccc(COC(=O)C(C)(C)C)cc1. The third kappa shape index (κ3) is 14.8. The molecule has 0 aromatic heterocycles. The number of benzene rings is 1. The zero-order valence-electron chi connectivity index (χ0n) is 25.7. The molecule has 1 aromatic carbocycles. The number of rotatable bonds is 18. The third-order valence-corrected chi connectivity index (χ3v) is 6.43. The number of hydrogen-bond donors (Lipinski definition) is 6. The summed E-state index contributed by atoms with van der Waals surface area (Å²) in [6, 6.07) is 4.53. The number of primary amides is 1. The van der Waals surface area contributed by atoms with Crippen LogP contribution in [0.5, 0.6) is 0 Å². The molecular formula is C30H50N6O6. The van der Waals surface area contributed by atoms with Crippen molar-refractivity contribution in [3.8, 4) is 0 Å². The minimum absolute atomic E-state index is 0.109. The van der Waals surface area contributed by atoms with Gasteiger partial charge in [-0.25, -0.2) is 4.79 Å². The van der Waals surface area contributed by atoms with E-state index in [0.29, 0.717) is 50.9 Å². The van der Waals surface area contributed by atoms with Crippen molar-refractivity contribution >= 4 is 35.4 Å². The molecule has 0 spiro atoms. The normalized spacial score (nSPS) is 12.6. The number of nitrogens with one attached hydrogen (secondary N) is 4. The molecule has 0 bridgehead atoms. The Balaban J connectivity index is 2.88. The van der Waals surface area contributed by atoms with Gasteiger partial charge < -0.3 is 37.5 Å². The lowest BCUT2D eigenvalue weighted by Gasteiger charge is -2.25. The van der Waals surface area contributed by atoms with Gasteiger partial charge in [0.05, 0.1) is 5.41 Å². The van der Waals surface area contributed by atoms with Gasteiger partial charge in [-0.15, -0.1) is 0 Å². The van der Waals surface area contributed by atoms with Crippen LogP contribution in [-0.2, 0) is 30.5 Å². The predicted octanol–water partition coefficient (Wildman–Crippen LogP) is 2.70. The lowest BCUT2D eigenvalue weighted by atomic mass is 9.97. The summed E-state index contributed by atoms with van der Waals surface area (Å²) < 4.78 is 5.33. The van der Waals surface area contributed by atoms with E-state index in [-0.39, 0.29) is 24.4 Å². The van der Waals surface area contributed by atoms with Crippen LogP contribution in [0.4, 0.5) is 10.5 Å². The summed E-state index contributed by atoms with van der Waals surface area (Å²) in [6.45, 7) is 10.00. The fourth-order valence-corrected chi connectivity index (χ4v) is 3.88. The van der Waals surface area contributed by atoms with Crippen molar-refractivity contribution in [2.75, 3.05) is 18.4 Å². The third-order valence-electron chi connectivity index (χ3n) is 6.43. The van der Waals surface area contributed by atoms with Gasteiger partial charge in [-0.1, -0.05) is 32.4 Å². The quantitative estimate of drug-likeness (QED) is 0.112. The molecule has 0 aliphatic heterocycles. The Morgan fingerprint density at radius 2 is 1.55 bits per heavy atom. The van der Waals surface area contributed by atoms with E-state index < -0.39 is 35.3 Å². The van der Waals surface area contributed by atoms with E-state index in [1.165, 1.54) is 0 Å². The standard InChI is InChI=1S/C30H50N6O6/c1-20(2)25(36-24(37)12-7-6-9-17-31)27(39)35-23(11-8-10-18-33-29(32)41)26(38)34-22-15-13-21(14-16-22)19-42-28(40)30(3,4)5/h13-16,20,23,25H,6-12,17-19,31H2,1-5H3,(H,34,38)(H,35,39)(H,36,37)(H3,32,33,41)/t23-,25-/m0/s1. The number of carbonyl (C=O) groups is 5. The van der Waals surface area contributed by atoms with Crippen LogP contribution in [0.3, 0.4) is 0 Å². The van der Waals surface area contributed by atoms with Crippen molar-refractivity contribution in [1.82, 2.24) is 16.0 Å². The molecule has 8 N–H and O–H groups in total. The maximum atomic E-state index is 13.3. The van der Waals surface area contributed by atoms with Crippen LogP contribution in [-0.4, -0.2) is 54.9 Å². The molecule has 0 heterocycles. The van der Waals surface area contributed by atoms with Gasteiger partial charge >= 0.3 is 12.0 Å². The number of amides is 5. The molecule has 42 heavy (non-hydrogen) atoms. The van der Waals surface area contributed by atoms with Crippen LogP contribution < -0.4 is 32.7 Å². The average Bonchev–Trinajstić information content (AvgIpc) is 2.91. The number of carbonyl (C=O) groups excluding carboxylic acids is 5. The molecule has 1 aromatic rings. The first-order chi connectivity index (χ1) is 19.7. The van der Waals surface area contributed by atoms with Crippen LogP contribution >= 0.6 is 0 Å². The van der Waals surface area contributed by atoms with Gasteiger partial charge in [0.25, 0.3) is 0 Å². The Hall–Kier alpha value is -3.67. The van der Waals surface area contributed by atoms with E-state index >= 15 is 0 Å². The Bertz CT molecular complexity index is 1020. The summed E-state index contributed by atoms with van der Waals surface area (Å²) >= 11 is 0. The fourth-order valence-electron chi connectivity index (χ4n) is 3.88. The molecule has 0 saturated heterocycles. The fraction of sp³-hybridized carbons (Fsp3) is 0.633. The molecule has 0 radical (unpaired) electrons. The van der Waals surface area contributed by atoms with Gasteiger partial charge in [-0.05, 0) is 83.0 Å². The second-order valence-corrected chi connectivity index (χ2v) is 11.7. The second kappa shape index (κ2) is 18.7. The number of ether oxygens (including phenoxy) is 1. The zero-order valence-corrected chi connectivity index (χ0v) is 25.7. The Morgan fingerprint density at radius 1 is 0.881 bits per heavy atom. The van der Waals surface area contributed by atoms with Gasteiger partial charge in [0.2, 0.25) is 17.7 Å². The van der Waals surface area contributed by atoms with Crippen molar-refractivity contribution in [3.05, 3.63) is 29.8 Å². The summed E-state index contributed by atoms with van der Waals surface area (Å²) in [5.74, 6) is -1.62. The van der Waals surface area contributed by atoms with Gasteiger partial charge in [0.1, 0.15) is 18.7 Å². The first-order valence-corrected chi connectivity index (χ1v) is 14.6. The summed E-state index contributed by atoms with van der Waals surface area (Å²) in [6.07, 6.45) is 4.01. The van der Waals surface area contributed by atoms with E-state index in [1.54, 1.807) is 45.0 Å². The highest BCUT2D eigenvalue weighted by atomic mass is 16.5. The molecule has 0 unspecified atom stereocenters. The van der Waals surface area contributed by atoms with Crippen molar-refractivity contribution < 1.29 is 28.7 Å². The van der Waals surface area contributed by atoms with E-state index in [2.05, 4.69) is 21.3 Å². The first kappa shape index (κ1) is 36.4. The van der Waals surface area contributed by atoms with E-state index in [9.17, 15) is 24.0 Å². The number of urea groups is 1. The molecule has 236 valence electrons. The van der Waals surface area contributed by atoms with Crippen LogP contribution in [0.25, 0.3) is 0 Å². The number of unbranched alkanes of at least 4 members (excludes halogenated alkanes) is 3. The second-order valence-electron chi connectivity index (χ2n) is 11.7. The largest absolute Gasteiger partial charge is 0.460 e. The molecular weight excluding hydrogens is 540 g/mol. The summed E-state index contributed by atoms with van der Waals surface area (Å²) in [7, 11) is 0. The van der Waals surface area contributed by atoms with Crippen LogP contribution in [0.15, 0.2) is 24.3 Å². The molecule has 0 aliphatic carbocycles. The number of hydrogen-bond acceptors (Lipinski definition) is 7. The molecule has 0 aliphatic rings. The van der Waals surface area contributed by atoms with E-state index in [1.807, 2.05) is 13.8 Å². The molecule has 5 amide bonds. The molecule has 0 saturated carbocycles. The van der Waals surface area contributed by atoms with Gasteiger partial charge in [0, 0.05) is 18.7 Å². The van der Waals surface area contributed by atoms with E-state index in [4.69, 9.17) is 16.2 Å². The molecule has 12 nitrogen and oxygen atoms in total. The minimum Gasteiger partial charge on any atom is -0.460 e. The van der Waals surface area contributed by atoms with Gasteiger partial charge in [-0.3, -0.25) is 19.2 Å². The Morgan fingerprint density at radius 3 is 2.12 bits per heavy atom. The molecule has 2 atom stereocenters. The first-order valence-electron chi connectivity index (χ1n) is 14.6. The Labute approximate surface area is 249 Å². The van der Waals surface area contributed by atoms with Crippen molar-refractivity contribution in [2.24, 2.45) is 22.8 Å². The smallest absolute Gasteiger partial charge is 0.312 e. The van der Waals surface area contributed by atoms with Crippen molar-refractivity contribution in [1.29, 1.82) is 0 Å². The number of anilines is 1. The highest BCUT2D eigenvalue weighted by molar-refractivity contribution is 5.98. The molecule has 12 heteroatoms. The summed E-state index contributed by atoms with van der Waals surface area (Å²) in [5, 5.41) is 10.9. The van der Waals surface area contributed by atoms with E-state index in [0.717, 1.165) is 18.4 Å². The predicted molar refractivity (Wildman–Crippen MR) is 162 cm³/mol. The van der Waals surface area contributed by atoms with Crippen LogP contribution in [0.2, 0.25) is 0 Å². The lowest BCUT2D eigenvalue weighted by molar-refractivity contribution is -0.154. The highest BCUT2D eigenvalue weighted by Gasteiger charge is 2.29. The number of nitrogens with two attached hydrogens (primary N) is 2. The van der Waals surface area contributed by atoms with Crippen LogP contribution in [0.1, 0.15) is 85.1 Å². The summed E-state index contributed by atoms with van der Waals surface area (Å²) in [5.41, 5.74) is 11.3. The maximum Gasteiger partial charge on any atom is 0.312 e. The minimum atomic E-state index is -0.888. The lowest BCUT2D eigenvalue weighted by Crippen LogP contribution is -2.54. The molecule has 1 rings (SSSR count). The van der Waals surface area contributed by atoms with Gasteiger partial charge in [0.15, 0.2) is 0 Å². The Kier molecular flexibility index (Phi) is 16.2. The van der Waals surface area contributed by atoms with Crippen molar-refractivity contribution in [3.63, 3.8) is 0 Å². The average molecular weight is 591 g/mol. The van der Waals surface area contributed by atoms with Gasteiger partial charge in [-0.2, -0.15) is 0 Å². The number of esters is 1. The highest BCUT2D eigenvalue weighted by Crippen LogP contribution is 2.18. The van der Waals surface area contributed by atoms with Crippen LogP contribution in [0, 0.1) is 11.3 Å². The summed E-state index contributed by atoms with van der Waals surface area (Å²) in [4.78, 5) is 62.0. The monoisotopic (exact) mass is 590 g/mol. The van der Waals surface area contributed by atoms with Crippen molar-refractivity contribution in [2.45, 2.75) is 98.3 Å². The molecule has 0 fully saturated rings. The maximum absolute atomic E-state index is 13.3. The zero-order chi connectivity index (χ0) is 31.7. The topological polar surface area (TPSA) is 195 Å².